The number of benzene rings is 2. The van der Waals surface area contributed by atoms with Crippen molar-refractivity contribution in [3.05, 3.63) is 53.1 Å². The van der Waals surface area contributed by atoms with Gasteiger partial charge in [-0.3, -0.25) is 0 Å². The highest BCUT2D eigenvalue weighted by Crippen LogP contribution is 2.22. The zero-order valence-electron chi connectivity index (χ0n) is 13.6. The van der Waals surface area contributed by atoms with Crippen molar-refractivity contribution in [3.63, 3.8) is 0 Å². The molecule has 0 aromatic heterocycles. The maximum Gasteiger partial charge on any atom is 0.240 e. The Morgan fingerprint density at radius 1 is 0.870 bits per heavy atom. The Morgan fingerprint density at radius 2 is 1.52 bits per heavy atom. The van der Waals surface area contributed by atoms with Crippen LogP contribution in [-0.2, 0) is 9.59 Å². The van der Waals surface area contributed by atoms with Crippen molar-refractivity contribution >= 4 is 23.5 Å². The van der Waals surface area contributed by atoms with Gasteiger partial charge in [0.15, 0.2) is 0 Å². The number of carbonyl (C=O) groups excluding carboxylic acids is 2. The van der Waals surface area contributed by atoms with E-state index in [2.05, 4.69) is 9.98 Å². The van der Waals surface area contributed by atoms with Crippen molar-refractivity contribution in [1.82, 2.24) is 0 Å². The molecule has 0 aliphatic heterocycles. The van der Waals surface area contributed by atoms with E-state index in [0.717, 1.165) is 22.4 Å². The Bertz CT molecular complexity index is 772. The molecule has 0 heterocycles. The van der Waals surface area contributed by atoms with Crippen LogP contribution in [0.25, 0.3) is 0 Å². The lowest BCUT2D eigenvalue weighted by Gasteiger charge is -2.01. The number of ether oxygens (including phenoxy) is 1. The van der Waals surface area contributed by atoms with Gasteiger partial charge in [-0.15, -0.1) is 0 Å². The number of hydrogen-bond donors (Lipinski definition) is 0. The molecule has 5 heteroatoms. The molecule has 118 valence electrons. The first-order valence-electron chi connectivity index (χ1n) is 6.90. The SMILES string of the molecule is COc1ccc(N=C=O)c(C)c1.Cc1cccc(N=C=O)c1C. The lowest BCUT2D eigenvalue weighted by molar-refractivity contribution is 0.414. The second-order valence-corrected chi connectivity index (χ2v) is 4.78. The van der Waals surface area contributed by atoms with Gasteiger partial charge in [0.2, 0.25) is 12.2 Å². The third-order valence-electron chi connectivity index (χ3n) is 3.31. The van der Waals surface area contributed by atoms with Gasteiger partial charge in [0.25, 0.3) is 0 Å². The van der Waals surface area contributed by atoms with E-state index in [1.807, 2.05) is 39.0 Å². The van der Waals surface area contributed by atoms with Crippen LogP contribution < -0.4 is 4.74 Å². The molecule has 0 amide bonds. The molecule has 0 atom stereocenters. The molecule has 0 aliphatic rings. The summed E-state index contributed by atoms with van der Waals surface area (Å²) in [5, 5.41) is 0. The van der Waals surface area contributed by atoms with E-state index in [9.17, 15) is 9.59 Å². The molecule has 0 bridgehead atoms. The van der Waals surface area contributed by atoms with E-state index in [4.69, 9.17) is 4.74 Å². The fourth-order valence-corrected chi connectivity index (χ4v) is 1.84. The summed E-state index contributed by atoms with van der Waals surface area (Å²) < 4.78 is 4.99. The largest absolute Gasteiger partial charge is 0.497 e. The fraction of sp³-hybridized carbons (Fsp3) is 0.222. The van der Waals surface area contributed by atoms with Crippen molar-refractivity contribution < 1.29 is 14.3 Å². The first kappa shape index (κ1) is 18.1. The van der Waals surface area contributed by atoms with Gasteiger partial charge in [-0.2, -0.15) is 9.98 Å². The zero-order valence-corrected chi connectivity index (χ0v) is 13.6. The lowest BCUT2D eigenvalue weighted by atomic mass is 10.1. The minimum absolute atomic E-state index is 0.630. The summed E-state index contributed by atoms with van der Waals surface area (Å²) in [4.78, 5) is 27.0. The molecule has 5 nitrogen and oxygen atoms in total. The molecule has 2 aromatic carbocycles. The van der Waals surface area contributed by atoms with Crippen LogP contribution in [0.2, 0.25) is 0 Å². The lowest BCUT2D eigenvalue weighted by Crippen LogP contribution is -1.83. The molecule has 0 fully saturated rings. The molecule has 23 heavy (non-hydrogen) atoms. The van der Waals surface area contributed by atoms with Crippen molar-refractivity contribution in [3.8, 4) is 5.75 Å². The molecule has 0 saturated carbocycles. The number of rotatable bonds is 3. The maximum absolute atomic E-state index is 9.96. The quantitative estimate of drug-likeness (QED) is 0.629. The van der Waals surface area contributed by atoms with E-state index in [0.29, 0.717) is 11.4 Å². The topological polar surface area (TPSA) is 68.1 Å². The minimum atomic E-state index is 0.630. The van der Waals surface area contributed by atoms with Crippen molar-refractivity contribution in [2.75, 3.05) is 7.11 Å². The van der Waals surface area contributed by atoms with Gasteiger partial charge in [-0.25, -0.2) is 9.59 Å². The second-order valence-electron chi connectivity index (χ2n) is 4.78. The fourth-order valence-electron chi connectivity index (χ4n) is 1.84. The van der Waals surface area contributed by atoms with Gasteiger partial charge in [-0.1, -0.05) is 12.1 Å². The highest BCUT2D eigenvalue weighted by atomic mass is 16.5. The monoisotopic (exact) mass is 310 g/mol. The molecule has 2 rings (SSSR count). The van der Waals surface area contributed by atoms with Crippen LogP contribution in [0.5, 0.6) is 5.75 Å². The van der Waals surface area contributed by atoms with Gasteiger partial charge in [-0.05, 0) is 61.7 Å². The maximum atomic E-state index is 9.96. The van der Waals surface area contributed by atoms with E-state index in [-0.39, 0.29) is 0 Å². The molecule has 0 saturated heterocycles. The predicted octanol–water partition coefficient (Wildman–Crippen LogP) is 4.24. The Labute approximate surface area is 135 Å². The average molecular weight is 310 g/mol. The summed E-state index contributed by atoms with van der Waals surface area (Å²) >= 11 is 0. The molecule has 0 radical (unpaired) electrons. The minimum Gasteiger partial charge on any atom is -0.497 e. The number of hydrogen-bond acceptors (Lipinski definition) is 5. The molecular weight excluding hydrogens is 292 g/mol. The highest BCUT2D eigenvalue weighted by molar-refractivity contribution is 5.56. The third-order valence-corrected chi connectivity index (χ3v) is 3.31. The van der Waals surface area contributed by atoms with E-state index < -0.39 is 0 Å². The smallest absolute Gasteiger partial charge is 0.240 e. The van der Waals surface area contributed by atoms with Gasteiger partial charge in [0, 0.05) is 0 Å². The van der Waals surface area contributed by atoms with Crippen molar-refractivity contribution in [2.24, 2.45) is 9.98 Å². The summed E-state index contributed by atoms with van der Waals surface area (Å²) in [5.41, 5.74) is 4.42. The standard InChI is InChI=1S/C9H9NO2.C9H9NO/c1-7-5-8(12-2)3-4-9(7)10-6-11;1-7-4-3-5-9(8(7)2)10-6-11/h3-5H,1-2H3;3-5H,1-2H3. The zero-order chi connectivity index (χ0) is 17.2. The number of methoxy groups -OCH3 is 1. The van der Waals surface area contributed by atoms with Crippen LogP contribution in [0.3, 0.4) is 0 Å². The van der Waals surface area contributed by atoms with Gasteiger partial charge in [0.1, 0.15) is 5.75 Å². The predicted molar refractivity (Wildman–Crippen MR) is 89.2 cm³/mol. The normalized spacial score (nSPS) is 8.87. The average Bonchev–Trinajstić information content (AvgIpc) is 2.55. The van der Waals surface area contributed by atoms with Crippen LogP contribution >= 0.6 is 0 Å². The Balaban J connectivity index is 0.000000231. The molecule has 0 aliphatic carbocycles. The molecule has 0 unspecified atom stereocenters. The van der Waals surface area contributed by atoms with E-state index in [1.54, 1.807) is 25.3 Å². The van der Waals surface area contributed by atoms with Gasteiger partial charge < -0.3 is 4.74 Å². The number of nitrogens with zero attached hydrogens (tertiary/aromatic N) is 2. The van der Waals surface area contributed by atoms with Crippen LogP contribution in [-0.4, -0.2) is 19.3 Å². The highest BCUT2D eigenvalue weighted by Gasteiger charge is 1.98. The number of aliphatic imine (C=N–C) groups is 2. The van der Waals surface area contributed by atoms with E-state index >= 15 is 0 Å². The summed E-state index contributed by atoms with van der Waals surface area (Å²) in [6, 6.07) is 10.9. The Morgan fingerprint density at radius 3 is 2.09 bits per heavy atom. The van der Waals surface area contributed by atoms with Crippen molar-refractivity contribution in [1.29, 1.82) is 0 Å². The number of isocyanates is 2. The second kappa shape index (κ2) is 9.11. The van der Waals surface area contributed by atoms with Crippen LogP contribution in [0.15, 0.2) is 46.4 Å². The van der Waals surface area contributed by atoms with Crippen LogP contribution in [0.1, 0.15) is 16.7 Å². The summed E-state index contributed by atoms with van der Waals surface area (Å²) in [5.74, 6) is 0.761. The first-order chi connectivity index (χ1) is 11.0. The van der Waals surface area contributed by atoms with E-state index in [1.165, 1.54) is 12.2 Å². The summed E-state index contributed by atoms with van der Waals surface area (Å²) in [6.45, 7) is 5.78. The van der Waals surface area contributed by atoms with Gasteiger partial charge in [0.05, 0.1) is 18.5 Å². The molecule has 0 spiro atoms. The van der Waals surface area contributed by atoms with Crippen LogP contribution in [0.4, 0.5) is 11.4 Å². The Kier molecular flexibility index (Phi) is 7.15. The summed E-state index contributed by atoms with van der Waals surface area (Å²) in [7, 11) is 1.59. The molecule has 0 N–H and O–H groups in total. The van der Waals surface area contributed by atoms with Crippen molar-refractivity contribution in [2.45, 2.75) is 20.8 Å². The summed E-state index contributed by atoms with van der Waals surface area (Å²) in [6.07, 6.45) is 3.02. The molecule has 2 aromatic rings. The third kappa shape index (κ3) is 5.36. The first-order valence-corrected chi connectivity index (χ1v) is 6.90. The van der Waals surface area contributed by atoms with Crippen LogP contribution in [0, 0.1) is 20.8 Å². The number of aryl methyl sites for hydroxylation is 2. The van der Waals surface area contributed by atoms with Gasteiger partial charge >= 0.3 is 0 Å². The Hall–Kier alpha value is -3.00. The molecular formula is C18H18N2O3.